The number of thioether (sulfide) groups is 1. The van der Waals surface area contributed by atoms with Gasteiger partial charge in [0.15, 0.2) is 5.82 Å². The van der Waals surface area contributed by atoms with E-state index in [9.17, 15) is 0 Å². The molecule has 2 aromatic heterocycles. The highest BCUT2D eigenvalue weighted by molar-refractivity contribution is 7.97. The van der Waals surface area contributed by atoms with Gasteiger partial charge in [-0.1, -0.05) is 41.1 Å². The highest BCUT2D eigenvalue weighted by Crippen LogP contribution is 2.24. The fourth-order valence-corrected chi connectivity index (χ4v) is 2.82. The Morgan fingerprint density at radius 2 is 2.04 bits per heavy atom. The summed E-state index contributed by atoms with van der Waals surface area (Å²) < 4.78 is 7.40. The third kappa shape index (κ3) is 3.76. The zero-order chi connectivity index (χ0) is 16.9. The first kappa shape index (κ1) is 16.5. The van der Waals surface area contributed by atoms with E-state index in [1.165, 1.54) is 5.57 Å². The van der Waals surface area contributed by atoms with Crippen LogP contribution >= 0.6 is 11.8 Å². The lowest BCUT2D eigenvalue weighted by atomic mass is 10.1. The predicted molar refractivity (Wildman–Crippen MR) is 97.6 cm³/mol. The van der Waals surface area contributed by atoms with Gasteiger partial charge in [-0.3, -0.25) is 0 Å². The Kier molecular flexibility index (Phi) is 5.15. The smallest absolute Gasteiger partial charge is 0.246 e. The number of benzene rings is 1. The summed E-state index contributed by atoms with van der Waals surface area (Å²) in [7, 11) is 0. The van der Waals surface area contributed by atoms with Gasteiger partial charge in [0.25, 0.3) is 0 Å². The Labute approximate surface area is 145 Å². The lowest BCUT2D eigenvalue weighted by Crippen LogP contribution is -2.01. The zero-order valence-electron chi connectivity index (χ0n) is 14.1. The lowest BCUT2D eigenvalue weighted by Gasteiger charge is -2.05. The van der Waals surface area contributed by atoms with Crippen LogP contribution in [0.2, 0.25) is 0 Å². The highest BCUT2D eigenvalue weighted by Gasteiger charge is 2.14. The number of rotatable bonds is 6. The second-order valence-electron chi connectivity index (χ2n) is 5.73. The zero-order valence-corrected chi connectivity index (χ0v) is 14.9. The molecule has 3 rings (SSSR count). The van der Waals surface area contributed by atoms with Gasteiger partial charge in [-0.05, 0) is 26.2 Å². The molecule has 0 aliphatic heterocycles. The van der Waals surface area contributed by atoms with Crippen molar-refractivity contribution in [3.63, 3.8) is 0 Å². The van der Waals surface area contributed by atoms with E-state index in [2.05, 4.69) is 47.2 Å². The first-order valence-electron chi connectivity index (χ1n) is 7.73. The molecular weight excluding hydrogens is 320 g/mol. The normalized spacial score (nSPS) is 10.8. The number of hydrogen-bond donors (Lipinski definition) is 0. The minimum Gasteiger partial charge on any atom is -0.337 e. The topological polar surface area (TPSA) is 56.7 Å². The molecule has 0 aliphatic rings. The minimum absolute atomic E-state index is 0.514. The Balaban J connectivity index is 1.95. The van der Waals surface area contributed by atoms with Gasteiger partial charge >= 0.3 is 0 Å². The van der Waals surface area contributed by atoms with Crippen LogP contribution in [0.15, 0.2) is 46.8 Å². The predicted octanol–water partition coefficient (Wildman–Crippen LogP) is 4.27. The Hall–Kier alpha value is -2.34. The fraction of sp³-hybridized carbons (Fsp3) is 0.278. The monoisotopic (exact) mass is 340 g/mol. The summed E-state index contributed by atoms with van der Waals surface area (Å²) >= 11 is 1.67. The van der Waals surface area contributed by atoms with Gasteiger partial charge in [-0.25, -0.2) is 4.98 Å². The van der Waals surface area contributed by atoms with Crippen LogP contribution in [-0.2, 0) is 12.3 Å². The van der Waals surface area contributed by atoms with Crippen LogP contribution in [0.3, 0.4) is 0 Å². The van der Waals surface area contributed by atoms with Crippen LogP contribution in [0.1, 0.15) is 31.3 Å². The maximum atomic E-state index is 5.35. The summed E-state index contributed by atoms with van der Waals surface area (Å²) in [6.07, 6.45) is 5.98. The summed E-state index contributed by atoms with van der Waals surface area (Å²) in [5.74, 6) is 2.08. The molecule has 0 saturated heterocycles. The highest BCUT2D eigenvalue weighted by atomic mass is 32.2. The van der Waals surface area contributed by atoms with Crippen LogP contribution in [0.5, 0.6) is 0 Å². The molecule has 2 heterocycles. The molecular formula is C18H20N4OS. The Morgan fingerprint density at radius 3 is 2.75 bits per heavy atom. The second-order valence-corrected chi connectivity index (χ2v) is 6.60. The molecule has 0 spiro atoms. The molecule has 1 aromatic carbocycles. The molecule has 0 amide bonds. The fourth-order valence-electron chi connectivity index (χ4n) is 2.45. The van der Waals surface area contributed by atoms with E-state index in [1.807, 2.05) is 35.3 Å². The van der Waals surface area contributed by atoms with Crippen LogP contribution in [0.4, 0.5) is 0 Å². The minimum atomic E-state index is 0.514. The molecule has 0 radical (unpaired) electrons. The molecule has 24 heavy (non-hydrogen) atoms. The summed E-state index contributed by atoms with van der Waals surface area (Å²) in [4.78, 5) is 9.03. The van der Waals surface area contributed by atoms with E-state index in [0.29, 0.717) is 12.4 Å². The largest absolute Gasteiger partial charge is 0.337 e. The molecule has 0 unspecified atom stereocenters. The summed E-state index contributed by atoms with van der Waals surface area (Å²) in [6, 6.07) is 10.2. The molecule has 0 saturated carbocycles. The van der Waals surface area contributed by atoms with Crippen molar-refractivity contribution >= 4 is 17.8 Å². The Morgan fingerprint density at radius 1 is 1.25 bits per heavy atom. The molecule has 124 valence electrons. The summed E-state index contributed by atoms with van der Waals surface area (Å²) in [5, 5.41) is 4.00. The van der Waals surface area contributed by atoms with Crippen molar-refractivity contribution in [2.24, 2.45) is 0 Å². The van der Waals surface area contributed by atoms with Crippen molar-refractivity contribution in [3.05, 3.63) is 59.6 Å². The van der Waals surface area contributed by atoms with Gasteiger partial charge in [0, 0.05) is 5.56 Å². The van der Waals surface area contributed by atoms with E-state index in [4.69, 9.17) is 4.52 Å². The Bertz CT molecular complexity index is 832. The molecule has 0 fully saturated rings. The van der Waals surface area contributed by atoms with Crippen molar-refractivity contribution in [2.45, 2.75) is 26.1 Å². The molecule has 3 aromatic rings. The van der Waals surface area contributed by atoms with Crippen molar-refractivity contribution in [1.82, 2.24) is 19.7 Å². The van der Waals surface area contributed by atoms with Crippen molar-refractivity contribution < 1.29 is 4.52 Å². The molecule has 6 heteroatoms. The average Bonchev–Trinajstić information content (AvgIpc) is 3.16. The lowest BCUT2D eigenvalue weighted by molar-refractivity contribution is 0.367. The molecule has 0 N–H and O–H groups in total. The maximum absolute atomic E-state index is 5.35. The van der Waals surface area contributed by atoms with Gasteiger partial charge in [0.1, 0.15) is 6.54 Å². The first-order valence-corrected chi connectivity index (χ1v) is 9.12. The second kappa shape index (κ2) is 7.49. The third-order valence-corrected chi connectivity index (χ3v) is 3.99. The van der Waals surface area contributed by atoms with Gasteiger partial charge < -0.3 is 9.09 Å². The third-order valence-electron chi connectivity index (χ3n) is 3.44. The number of imidazole rings is 1. The first-order chi connectivity index (χ1) is 11.7. The number of hydrogen-bond acceptors (Lipinski definition) is 5. The quantitative estimate of drug-likeness (QED) is 0.671. The van der Waals surface area contributed by atoms with Crippen LogP contribution in [-0.4, -0.2) is 25.9 Å². The molecule has 5 nitrogen and oxygen atoms in total. The van der Waals surface area contributed by atoms with Crippen LogP contribution < -0.4 is 0 Å². The van der Waals surface area contributed by atoms with Gasteiger partial charge in [-0.15, -0.1) is 0 Å². The maximum Gasteiger partial charge on any atom is 0.246 e. The van der Waals surface area contributed by atoms with Gasteiger partial charge in [0.2, 0.25) is 5.89 Å². The number of nitrogens with zero attached hydrogens (tertiary/aromatic N) is 4. The number of allylic oxidation sites excluding steroid dienone is 1. The summed E-state index contributed by atoms with van der Waals surface area (Å²) in [5.41, 5.74) is 4.31. The standard InChI is InChI=1S/C18H20N4OS/c1-13(2)9-15-18(14-7-5-4-6-8-14)19-12-22(15)10-17-20-16(11-24-3)21-23-17/h4-9,12H,10-11H2,1-3H3. The molecule has 0 bridgehead atoms. The van der Waals surface area contributed by atoms with E-state index in [-0.39, 0.29) is 0 Å². The van der Waals surface area contributed by atoms with E-state index in [0.717, 1.165) is 28.5 Å². The van der Waals surface area contributed by atoms with E-state index in [1.54, 1.807) is 11.8 Å². The SMILES string of the molecule is CSCc1noc(Cn2cnc(-c3ccccc3)c2C=C(C)C)n1. The average molecular weight is 340 g/mol. The van der Waals surface area contributed by atoms with Crippen molar-refractivity contribution in [1.29, 1.82) is 0 Å². The van der Waals surface area contributed by atoms with Gasteiger partial charge in [0.05, 0.1) is 23.5 Å². The van der Waals surface area contributed by atoms with Gasteiger partial charge in [-0.2, -0.15) is 16.7 Å². The van der Waals surface area contributed by atoms with E-state index >= 15 is 0 Å². The number of aromatic nitrogens is 4. The molecule has 0 aliphatic carbocycles. The van der Waals surface area contributed by atoms with Crippen LogP contribution in [0, 0.1) is 0 Å². The summed E-state index contributed by atoms with van der Waals surface area (Å²) in [6.45, 7) is 4.67. The van der Waals surface area contributed by atoms with Crippen molar-refractivity contribution in [2.75, 3.05) is 6.26 Å². The van der Waals surface area contributed by atoms with Crippen molar-refractivity contribution in [3.8, 4) is 11.3 Å². The molecule has 0 atom stereocenters. The van der Waals surface area contributed by atoms with E-state index < -0.39 is 0 Å². The van der Waals surface area contributed by atoms with Crippen LogP contribution in [0.25, 0.3) is 17.3 Å².